The molecule has 1 heterocycles. The lowest BCUT2D eigenvalue weighted by molar-refractivity contribution is 0.0927. The van der Waals surface area contributed by atoms with Gasteiger partial charge in [-0.2, -0.15) is 0 Å². The number of carbonyl (C=O) groups is 1. The number of anilines is 1. The van der Waals surface area contributed by atoms with Crippen LogP contribution in [0.3, 0.4) is 0 Å². The van der Waals surface area contributed by atoms with Crippen LogP contribution in [0.2, 0.25) is 0 Å². The molecule has 0 atom stereocenters. The molecule has 1 aliphatic rings. The average Bonchev–Trinajstić information content (AvgIpc) is 2.62. The van der Waals surface area contributed by atoms with Crippen molar-refractivity contribution in [2.24, 2.45) is 0 Å². The molecule has 1 aromatic heterocycles. The summed E-state index contributed by atoms with van der Waals surface area (Å²) in [5.74, 6) is 0.387. The minimum Gasteiger partial charge on any atom is -0.366 e. The number of aromatic nitrogens is 1. The van der Waals surface area contributed by atoms with E-state index < -0.39 is 0 Å². The fourth-order valence-corrected chi connectivity index (χ4v) is 2.94. The van der Waals surface area contributed by atoms with Gasteiger partial charge in [-0.15, -0.1) is 0 Å². The van der Waals surface area contributed by atoms with Crippen LogP contribution in [0.1, 0.15) is 48.0 Å². The summed E-state index contributed by atoms with van der Waals surface area (Å²) in [6, 6.07) is 10.2. The van der Waals surface area contributed by atoms with E-state index in [0.29, 0.717) is 24.0 Å². The Hall–Kier alpha value is -2.43. The molecular formula is C19H22FN3O. The summed E-state index contributed by atoms with van der Waals surface area (Å²) in [6.07, 6.45) is 7.37. The van der Waals surface area contributed by atoms with Gasteiger partial charge in [-0.25, -0.2) is 9.37 Å². The molecule has 1 saturated carbocycles. The van der Waals surface area contributed by atoms with E-state index in [9.17, 15) is 9.18 Å². The van der Waals surface area contributed by atoms with Gasteiger partial charge in [0.25, 0.3) is 5.91 Å². The number of nitrogens with one attached hydrogen (secondary N) is 2. The number of carbonyl (C=O) groups excluding carboxylic acids is 1. The minimum atomic E-state index is -0.245. The van der Waals surface area contributed by atoms with Crippen molar-refractivity contribution in [3.8, 4) is 0 Å². The Morgan fingerprint density at radius 2 is 1.83 bits per heavy atom. The van der Waals surface area contributed by atoms with Gasteiger partial charge in [-0.05, 0) is 42.7 Å². The van der Waals surface area contributed by atoms with Gasteiger partial charge in [0.1, 0.15) is 11.6 Å². The van der Waals surface area contributed by atoms with E-state index >= 15 is 0 Å². The van der Waals surface area contributed by atoms with Crippen LogP contribution >= 0.6 is 0 Å². The zero-order valence-corrected chi connectivity index (χ0v) is 13.6. The molecule has 0 spiro atoms. The Morgan fingerprint density at radius 3 is 2.50 bits per heavy atom. The molecule has 0 unspecified atom stereocenters. The second kappa shape index (κ2) is 7.90. The van der Waals surface area contributed by atoms with Crippen LogP contribution in [0, 0.1) is 5.82 Å². The number of hydrogen-bond acceptors (Lipinski definition) is 3. The largest absolute Gasteiger partial charge is 0.366 e. The molecule has 126 valence electrons. The molecule has 0 aliphatic heterocycles. The first-order valence-corrected chi connectivity index (χ1v) is 8.46. The first kappa shape index (κ1) is 16.4. The van der Waals surface area contributed by atoms with E-state index in [1.165, 1.54) is 31.4 Å². The van der Waals surface area contributed by atoms with Crippen LogP contribution in [-0.4, -0.2) is 16.9 Å². The highest BCUT2D eigenvalue weighted by Gasteiger charge is 2.16. The van der Waals surface area contributed by atoms with E-state index in [2.05, 4.69) is 15.6 Å². The summed E-state index contributed by atoms with van der Waals surface area (Å²) >= 11 is 0. The molecule has 1 fully saturated rings. The molecule has 1 aromatic carbocycles. The Kier molecular flexibility index (Phi) is 5.41. The molecule has 0 bridgehead atoms. The molecule has 5 heteroatoms. The fourth-order valence-electron chi connectivity index (χ4n) is 2.94. The van der Waals surface area contributed by atoms with Gasteiger partial charge in [0.2, 0.25) is 0 Å². The van der Waals surface area contributed by atoms with Gasteiger partial charge >= 0.3 is 0 Å². The predicted octanol–water partition coefficient (Wildman–Crippen LogP) is 3.90. The summed E-state index contributed by atoms with van der Waals surface area (Å²) < 4.78 is 12.9. The standard InChI is InChI=1S/C19H22FN3O/c20-16-9-6-14(7-10-16)12-21-18-11-8-15(13-22-18)19(24)23-17-4-2-1-3-5-17/h6-11,13,17H,1-5,12H2,(H,21,22)(H,23,24). The predicted molar refractivity (Wildman–Crippen MR) is 92.3 cm³/mol. The van der Waals surface area contributed by atoms with Crippen molar-refractivity contribution in [2.45, 2.75) is 44.7 Å². The second-order valence-electron chi connectivity index (χ2n) is 6.22. The van der Waals surface area contributed by atoms with Crippen LogP contribution in [-0.2, 0) is 6.54 Å². The first-order chi connectivity index (χ1) is 11.7. The van der Waals surface area contributed by atoms with Crippen molar-refractivity contribution in [1.29, 1.82) is 0 Å². The van der Waals surface area contributed by atoms with Gasteiger partial charge in [0.05, 0.1) is 5.56 Å². The SMILES string of the molecule is O=C(NC1CCCCC1)c1ccc(NCc2ccc(F)cc2)nc1. The lowest BCUT2D eigenvalue weighted by Crippen LogP contribution is -2.36. The third kappa shape index (κ3) is 4.54. The van der Waals surface area contributed by atoms with E-state index in [1.54, 1.807) is 30.5 Å². The maximum Gasteiger partial charge on any atom is 0.253 e. The third-order valence-corrected chi connectivity index (χ3v) is 4.35. The summed E-state index contributed by atoms with van der Waals surface area (Å²) in [6.45, 7) is 0.556. The fraction of sp³-hybridized carbons (Fsp3) is 0.368. The summed E-state index contributed by atoms with van der Waals surface area (Å²) in [5, 5.41) is 6.25. The van der Waals surface area contributed by atoms with Gasteiger partial charge in [0, 0.05) is 18.8 Å². The highest BCUT2D eigenvalue weighted by Crippen LogP contribution is 2.18. The van der Waals surface area contributed by atoms with Crippen molar-refractivity contribution < 1.29 is 9.18 Å². The topological polar surface area (TPSA) is 54.0 Å². The minimum absolute atomic E-state index is 0.0560. The summed E-state index contributed by atoms with van der Waals surface area (Å²) in [7, 11) is 0. The van der Waals surface area contributed by atoms with Gasteiger partial charge < -0.3 is 10.6 Å². The van der Waals surface area contributed by atoms with Crippen LogP contribution in [0.4, 0.5) is 10.2 Å². The number of benzene rings is 1. The van der Waals surface area contributed by atoms with Crippen LogP contribution in [0.25, 0.3) is 0 Å². The second-order valence-corrected chi connectivity index (χ2v) is 6.22. The molecule has 1 amide bonds. The number of pyridine rings is 1. The maximum absolute atomic E-state index is 12.9. The monoisotopic (exact) mass is 327 g/mol. The van der Waals surface area contributed by atoms with Crippen molar-refractivity contribution >= 4 is 11.7 Å². The van der Waals surface area contributed by atoms with E-state index in [1.807, 2.05) is 0 Å². The molecule has 1 aliphatic carbocycles. The van der Waals surface area contributed by atoms with E-state index in [4.69, 9.17) is 0 Å². The Balaban J connectivity index is 1.52. The van der Waals surface area contributed by atoms with Crippen LogP contribution < -0.4 is 10.6 Å². The number of rotatable bonds is 5. The highest BCUT2D eigenvalue weighted by molar-refractivity contribution is 5.94. The quantitative estimate of drug-likeness (QED) is 0.876. The molecule has 24 heavy (non-hydrogen) atoms. The summed E-state index contributed by atoms with van der Waals surface area (Å²) in [4.78, 5) is 16.5. The van der Waals surface area contributed by atoms with Crippen LogP contribution in [0.5, 0.6) is 0 Å². The van der Waals surface area contributed by atoms with Crippen molar-refractivity contribution in [2.75, 3.05) is 5.32 Å². The van der Waals surface area contributed by atoms with Crippen molar-refractivity contribution in [3.63, 3.8) is 0 Å². The van der Waals surface area contributed by atoms with Gasteiger partial charge in [0.15, 0.2) is 0 Å². The van der Waals surface area contributed by atoms with E-state index in [0.717, 1.165) is 18.4 Å². The lowest BCUT2D eigenvalue weighted by Gasteiger charge is -2.22. The molecule has 4 nitrogen and oxygen atoms in total. The van der Waals surface area contributed by atoms with Crippen molar-refractivity contribution in [1.82, 2.24) is 10.3 Å². The third-order valence-electron chi connectivity index (χ3n) is 4.35. The molecular weight excluding hydrogens is 305 g/mol. The number of nitrogens with zero attached hydrogens (tertiary/aromatic N) is 1. The van der Waals surface area contributed by atoms with Crippen molar-refractivity contribution in [3.05, 3.63) is 59.5 Å². The normalized spacial score (nSPS) is 15.0. The molecule has 0 radical (unpaired) electrons. The molecule has 2 N–H and O–H groups in total. The number of halogens is 1. The van der Waals surface area contributed by atoms with Gasteiger partial charge in [-0.1, -0.05) is 31.4 Å². The Bertz CT molecular complexity index is 664. The maximum atomic E-state index is 12.9. The lowest BCUT2D eigenvalue weighted by atomic mass is 9.95. The molecule has 0 saturated heterocycles. The first-order valence-electron chi connectivity index (χ1n) is 8.46. The Morgan fingerprint density at radius 1 is 1.08 bits per heavy atom. The summed E-state index contributed by atoms with van der Waals surface area (Å²) in [5.41, 5.74) is 1.55. The molecule has 3 rings (SSSR count). The average molecular weight is 327 g/mol. The Labute approximate surface area is 141 Å². The number of amides is 1. The smallest absolute Gasteiger partial charge is 0.253 e. The molecule has 2 aromatic rings. The zero-order chi connectivity index (χ0) is 16.8. The zero-order valence-electron chi connectivity index (χ0n) is 13.6. The van der Waals surface area contributed by atoms with E-state index in [-0.39, 0.29) is 11.7 Å². The van der Waals surface area contributed by atoms with Gasteiger partial charge in [-0.3, -0.25) is 4.79 Å². The number of hydrogen-bond donors (Lipinski definition) is 2. The highest BCUT2D eigenvalue weighted by atomic mass is 19.1. The van der Waals surface area contributed by atoms with Crippen LogP contribution in [0.15, 0.2) is 42.6 Å².